The fourth-order valence-corrected chi connectivity index (χ4v) is 2.78. The molecule has 0 fully saturated rings. The van der Waals surface area contributed by atoms with Gasteiger partial charge >= 0.3 is 0 Å². The van der Waals surface area contributed by atoms with Crippen LogP contribution in [0.1, 0.15) is 28.4 Å². The molecule has 0 aliphatic rings. The maximum Gasteiger partial charge on any atom is 0.130 e. The van der Waals surface area contributed by atoms with Crippen LogP contribution < -0.4 is 4.74 Å². The second kappa shape index (κ2) is 5.94. The third kappa shape index (κ3) is 2.58. The summed E-state index contributed by atoms with van der Waals surface area (Å²) in [6.45, 7) is 3.88. The number of ether oxygens (including phenoxy) is 1. The van der Waals surface area contributed by atoms with Crippen LogP contribution in [-0.2, 0) is 0 Å². The van der Waals surface area contributed by atoms with Gasteiger partial charge in [0.15, 0.2) is 0 Å². The molecule has 1 atom stereocenters. The minimum Gasteiger partial charge on any atom is -0.496 e. The molecule has 0 aromatic heterocycles. The van der Waals surface area contributed by atoms with Crippen molar-refractivity contribution in [2.24, 2.45) is 0 Å². The molecule has 1 N–H and O–H groups in total. The van der Waals surface area contributed by atoms with Gasteiger partial charge in [0, 0.05) is 15.6 Å². The van der Waals surface area contributed by atoms with Crippen LogP contribution in [0.2, 0.25) is 0 Å². The molecule has 20 heavy (non-hydrogen) atoms. The SMILES string of the molecule is COc1c(C(O)c2c(F)cccc2Br)ccc(C)c1C. The number of hydrogen-bond acceptors (Lipinski definition) is 2. The van der Waals surface area contributed by atoms with Crippen molar-refractivity contribution in [3.63, 3.8) is 0 Å². The van der Waals surface area contributed by atoms with E-state index in [1.54, 1.807) is 25.3 Å². The molecule has 2 rings (SSSR count). The highest BCUT2D eigenvalue weighted by molar-refractivity contribution is 9.10. The lowest BCUT2D eigenvalue weighted by Gasteiger charge is -2.19. The normalized spacial score (nSPS) is 12.3. The van der Waals surface area contributed by atoms with Crippen LogP contribution >= 0.6 is 15.9 Å². The van der Waals surface area contributed by atoms with Crippen molar-refractivity contribution in [1.29, 1.82) is 0 Å². The Morgan fingerprint density at radius 1 is 1.20 bits per heavy atom. The summed E-state index contributed by atoms with van der Waals surface area (Å²) in [6, 6.07) is 8.29. The number of halogens is 2. The fraction of sp³-hybridized carbons (Fsp3) is 0.250. The van der Waals surface area contributed by atoms with E-state index in [2.05, 4.69) is 15.9 Å². The maximum atomic E-state index is 14.0. The van der Waals surface area contributed by atoms with Crippen LogP contribution in [0.25, 0.3) is 0 Å². The number of hydrogen-bond donors (Lipinski definition) is 1. The van der Waals surface area contributed by atoms with Gasteiger partial charge in [0.25, 0.3) is 0 Å². The molecule has 0 saturated heterocycles. The zero-order chi connectivity index (χ0) is 14.9. The Kier molecular flexibility index (Phi) is 4.45. The molecule has 0 aliphatic carbocycles. The van der Waals surface area contributed by atoms with Gasteiger partial charge in [-0.1, -0.05) is 34.1 Å². The van der Waals surface area contributed by atoms with Gasteiger partial charge in [-0.3, -0.25) is 0 Å². The number of methoxy groups -OCH3 is 1. The lowest BCUT2D eigenvalue weighted by atomic mass is 9.96. The van der Waals surface area contributed by atoms with Crippen LogP contribution in [-0.4, -0.2) is 12.2 Å². The van der Waals surface area contributed by atoms with Crippen LogP contribution in [0.4, 0.5) is 4.39 Å². The van der Waals surface area contributed by atoms with Crippen molar-refractivity contribution in [2.75, 3.05) is 7.11 Å². The van der Waals surface area contributed by atoms with Gasteiger partial charge in [-0.15, -0.1) is 0 Å². The zero-order valence-electron chi connectivity index (χ0n) is 11.6. The van der Waals surface area contributed by atoms with Crippen LogP contribution in [0.3, 0.4) is 0 Å². The molecule has 0 radical (unpaired) electrons. The van der Waals surface area contributed by atoms with Crippen molar-refractivity contribution in [3.8, 4) is 5.75 Å². The molecule has 0 aliphatic heterocycles. The minimum absolute atomic E-state index is 0.217. The predicted octanol–water partition coefficient (Wildman–Crippen LogP) is 4.30. The third-order valence-electron chi connectivity index (χ3n) is 3.48. The predicted molar refractivity (Wildman–Crippen MR) is 80.6 cm³/mol. The summed E-state index contributed by atoms with van der Waals surface area (Å²) >= 11 is 3.28. The first kappa shape index (κ1) is 15.0. The molecule has 2 aromatic rings. The van der Waals surface area contributed by atoms with Gasteiger partial charge < -0.3 is 9.84 Å². The summed E-state index contributed by atoms with van der Waals surface area (Å²) in [6.07, 6.45) is -1.08. The molecule has 2 nitrogen and oxygen atoms in total. The van der Waals surface area contributed by atoms with E-state index >= 15 is 0 Å². The van der Waals surface area contributed by atoms with Gasteiger partial charge in [0.1, 0.15) is 17.7 Å². The number of aryl methyl sites for hydroxylation is 1. The molecule has 0 amide bonds. The molecule has 1 unspecified atom stereocenters. The number of aliphatic hydroxyl groups excluding tert-OH is 1. The zero-order valence-corrected chi connectivity index (χ0v) is 13.2. The van der Waals surface area contributed by atoms with E-state index < -0.39 is 11.9 Å². The van der Waals surface area contributed by atoms with Crippen LogP contribution in [0.5, 0.6) is 5.75 Å². The van der Waals surface area contributed by atoms with E-state index in [-0.39, 0.29) is 5.56 Å². The smallest absolute Gasteiger partial charge is 0.130 e. The molecule has 0 bridgehead atoms. The van der Waals surface area contributed by atoms with Gasteiger partial charge in [0.2, 0.25) is 0 Å². The van der Waals surface area contributed by atoms with E-state index in [1.807, 2.05) is 19.9 Å². The van der Waals surface area contributed by atoms with Crippen molar-refractivity contribution >= 4 is 15.9 Å². The van der Waals surface area contributed by atoms with Gasteiger partial charge in [-0.2, -0.15) is 0 Å². The number of benzene rings is 2. The van der Waals surface area contributed by atoms with E-state index in [9.17, 15) is 9.50 Å². The molecule has 0 heterocycles. The average molecular weight is 339 g/mol. The Bertz CT molecular complexity index is 620. The number of rotatable bonds is 3. The van der Waals surface area contributed by atoms with Crippen molar-refractivity contribution in [1.82, 2.24) is 0 Å². The summed E-state index contributed by atoms with van der Waals surface area (Å²) in [5.74, 6) is 0.139. The summed E-state index contributed by atoms with van der Waals surface area (Å²) in [5.41, 5.74) is 2.78. The Labute approximate surface area is 126 Å². The molecule has 2 aromatic carbocycles. The quantitative estimate of drug-likeness (QED) is 0.904. The highest BCUT2D eigenvalue weighted by atomic mass is 79.9. The average Bonchev–Trinajstić information content (AvgIpc) is 2.41. The van der Waals surface area contributed by atoms with Gasteiger partial charge in [-0.25, -0.2) is 4.39 Å². The lowest BCUT2D eigenvalue weighted by Crippen LogP contribution is -2.07. The summed E-state index contributed by atoms with van der Waals surface area (Å²) in [7, 11) is 1.55. The first-order chi connectivity index (χ1) is 9.47. The highest BCUT2D eigenvalue weighted by Gasteiger charge is 2.22. The maximum absolute atomic E-state index is 14.0. The standard InChI is InChI=1S/C16H16BrFO2/c1-9-7-8-11(16(20-3)10(9)2)15(19)14-12(17)5-4-6-13(14)18/h4-8,15,19H,1-3H3. The van der Waals surface area contributed by atoms with Crippen LogP contribution in [0, 0.1) is 19.7 Å². The second-order valence-electron chi connectivity index (χ2n) is 4.67. The topological polar surface area (TPSA) is 29.5 Å². The van der Waals surface area contributed by atoms with Crippen LogP contribution in [0.15, 0.2) is 34.8 Å². The van der Waals surface area contributed by atoms with Crippen molar-refractivity contribution < 1.29 is 14.2 Å². The summed E-state index contributed by atoms with van der Waals surface area (Å²) in [5, 5.41) is 10.5. The van der Waals surface area contributed by atoms with Crippen molar-refractivity contribution in [2.45, 2.75) is 20.0 Å². The second-order valence-corrected chi connectivity index (χ2v) is 5.52. The summed E-state index contributed by atoms with van der Waals surface area (Å²) < 4.78 is 19.9. The largest absolute Gasteiger partial charge is 0.496 e. The van der Waals surface area contributed by atoms with Gasteiger partial charge in [-0.05, 0) is 37.1 Å². The number of aliphatic hydroxyl groups is 1. The van der Waals surface area contributed by atoms with E-state index in [0.717, 1.165) is 11.1 Å². The Morgan fingerprint density at radius 2 is 1.90 bits per heavy atom. The molecule has 106 valence electrons. The van der Waals surface area contributed by atoms with E-state index in [4.69, 9.17) is 4.74 Å². The van der Waals surface area contributed by atoms with E-state index in [1.165, 1.54) is 6.07 Å². The first-order valence-corrected chi connectivity index (χ1v) is 7.02. The van der Waals surface area contributed by atoms with E-state index in [0.29, 0.717) is 15.8 Å². The molecule has 0 saturated carbocycles. The molecular formula is C16H16BrFO2. The lowest BCUT2D eigenvalue weighted by molar-refractivity contribution is 0.208. The molecular weight excluding hydrogens is 323 g/mol. The molecule has 4 heteroatoms. The highest BCUT2D eigenvalue weighted by Crippen LogP contribution is 2.37. The minimum atomic E-state index is -1.08. The third-order valence-corrected chi connectivity index (χ3v) is 4.17. The Hall–Kier alpha value is -1.39. The van der Waals surface area contributed by atoms with Gasteiger partial charge in [0.05, 0.1) is 7.11 Å². The molecule has 0 spiro atoms. The Balaban J connectivity index is 2.60. The summed E-state index contributed by atoms with van der Waals surface area (Å²) in [4.78, 5) is 0. The first-order valence-electron chi connectivity index (χ1n) is 6.23. The Morgan fingerprint density at radius 3 is 2.50 bits per heavy atom. The van der Waals surface area contributed by atoms with Crippen molar-refractivity contribution in [3.05, 3.63) is 62.9 Å². The monoisotopic (exact) mass is 338 g/mol. The fourth-order valence-electron chi connectivity index (χ4n) is 2.22.